The molecule has 0 spiro atoms. The maximum atomic E-state index is 5.84. The van der Waals surface area contributed by atoms with Gasteiger partial charge < -0.3 is 19.9 Å². The van der Waals surface area contributed by atoms with Gasteiger partial charge in [-0.25, -0.2) is 0 Å². The number of hydrogen-bond donors (Lipinski definition) is 1. The molecule has 0 unspecified atom stereocenters. The van der Waals surface area contributed by atoms with E-state index < -0.39 is 0 Å². The van der Waals surface area contributed by atoms with Crippen LogP contribution in [0, 0.1) is 6.92 Å². The van der Waals surface area contributed by atoms with Gasteiger partial charge >= 0.3 is 0 Å². The van der Waals surface area contributed by atoms with E-state index in [1.54, 1.807) is 7.11 Å². The summed E-state index contributed by atoms with van der Waals surface area (Å²) >= 11 is 0. The number of rotatable bonds is 7. The largest absolute Gasteiger partial charge is 0.497 e. The Kier molecular flexibility index (Phi) is 5.32. The first-order chi connectivity index (χ1) is 10.2. The van der Waals surface area contributed by atoms with Gasteiger partial charge in [0.2, 0.25) is 0 Å². The molecule has 4 nitrogen and oxygen atoms in total. The summed E-state index contributed by atoms with van der Waals surface area (Å²) in [7, 11) is 1.64. The monoisotopic (exact) mass is 287 g/mol. The van der Waals surface area contributed by atoms with Gasteiger partial charge in [0.15, 0.2) is 0 Å². The number of hydrogen-bond acceptors (Lipinski definition) is 4. The van der Waals surface area contributed by atoms with Crippen molar-refractivity contribution in [2.45, 2.75) is 13.3 Å². The number of methoxy groups -OCH3 is 1. The van der Waals surface area contributed by atoms with Crippen LogP contribution in [0.5, 0.6) is 17.2 Å². The fraction of sp³-hybridized carbons (Fsp3) is 0.294. The van der Waals surface area contributed by atoms with Gasteiger partial charge in [-0.2, -0.15) is 0 Å². The first kappa shape index (κ1) is 15.0. The molecule has 0 saturated heterocycles. The zero-order valence-electron chi connectivity index (χ0n) is 12.5. The lowest BCUT2D eigenvalue weighted by Gasteiger charge is -2.09. The molecule has 0 aliphatic carbocycles. The summed E-state index contributed by atoms with van der Waals surface area (Å²) in [5.74, 6) is 2.44. The van der Waals surface area contributed by atoms with Crippen LogP contribution < -0.4 is 19.9 Å². The van der Waals surface area contributed by atoms with Crippen molar-refractivity contribution in [1.29, 1.82) is 0 Å². The summed E-state index contributed by atoms with van der Waals surface area (Å²) in [5, 5.41) is 0. The molecule has 0 atom stereocenters. The predicted octanol–water partition coefficient (Wildman–Crippen LogP) is 3.43. The molecule has 0 heterocycles. The molecule has 112 valence electrons. The third kappa shape index (κ3) is 4.60. The maximum absolute atomic E-state index is 5.84. The van der Waals surface area contributed by atoms with Crippen LogP contribution in [-0.2, 0) is 0 Å². The van der Waals surface area contributed by atoms with Gasteiger partial charge in [-0.05, 0) is 42.8 Å². The third-order valence-corrected chi connectivity index (χ3v) is 3.14. The number of anilines is 1. The summed E-state index contributed by atoms with van der Waals surface area (Å²) in [6.45, 7) is 3.17. The second-order valence-corrected chi connectivity index (χ2v) is 4.74. The van der Waals surface area contributed by atoms with E-state index in [-0.39, 0.29) is 0 Å². The summed E-state index contributed by atoms with van der Waals surface area (Å²) in [4.78, 5) is 0. The van der Waals surface area contributed by atoms with E-state index in [0.29, 0.717) is 13.2 Å². The van der Waals surface area contributed by atoms with Crippen LogP contribution in [0.3, 0.4) is 0 Å². The smallest absolute Gasteiger partial charge is 0.121 e. The van der Waals surface area contributed by atoms with E-state index in [1.165, 1.54) is 0 Å². The number of nitrogen functional groups attached to an aromatic ring is 1. The standard InChI is InChI=1S/C17H21NO3/c1-13-4-5-16(12-17(13)18)21-11-3-10-20-15-8-6-14(19-2)7-9-15/h4-9,12H,3,10-11,18H2,1-2H3. The second kappa shape index (κ2) is 7.43. The van der Waals surface area contributed by atoms with Crippen molar-refractivity contribution in [2.75, 3.05) is 26.1 Å². The van der Waals surface area contributed by atoms with Gasteiger partial charge in [-0.1, -0.05) is 6.07 Å². The van der Waals surface area contributed by atoms with Gasteiger partial charge in [0.1, 0.15) is 17.2 Å². The van der Waals surface area contributed by atoms with Crippen molar-refractivity contribution in [1.82, 2.24) is 0 Å². The van der Waals surface area contributed by atoms with E-state index in [1.807, 2.05) is 49.4 Å². The number of benzene rings is 2. The minimum Gasteiger partial charge on any atom is -0.497 e. The summed E-state index contributed by atoms with van der Waals surface area (Å²) < 4.78 is 16.4. The summed E-state index contributed by atoms with van der Waals surface area (Å²) in [6.07, 6.45) is 0.805. The summed E-state index contributed by atoms with van der Waals surface area (Å²) in [6, 6.07) is 13.3. The fourth-order valence-corrected chi connectivity index (χ4v) is 1.82. The highest BCUT2D eigenvalue weighted by Crippen LogP contribution is 2.19. The molecule has 2 rings (SSSR count). The molecular formula is C17H21NO3. The van der Waals surface area contributed by atoms with Crippen LogP contribution in [0.4, 0.5) is 5.69 Å². The van der Waals surface area contributed by atoms with Crippen molar-refractivity contribution in [3.8, 4) is 17.2 Å². The van der Waals surface area contributed by atoms with Crippen molar-refractivity contribution in [3.05, 3.63) is 48.0 Å². The highest BCUT2D eigenvalue weighted by Gasteiger charge is 1.99. The van der Waals surface area contributed by atoms with Gasteiger partial charge in [-0.15, -0.1) is 0 Å². The van der Waals surface area contributed by atoms with Crippen LogP contribution in [0.15, 0.2) is 42.5 Å². The van der Waals surface area contributed by atoms with Gasteiger partial charge in [-0.3, -0.25) is 0 Å². The predicted molar refractivity (Wildman–Crippen MR) is 84.2 cm³/mol. The fourth-order valence-electron chi connectivity index (χ4n) is 1.82. The molecule has 4 heteroatoms. The normalized spacial score (nSPS) is 10.2. The lowest BCUT2D eigenvalue weighted by Crippen LogP contribution is -2.05. The zero-order chi connectivity index (χ0) is 15.1. The van der Waals surface area contributed by atoms with Crippen molar-refractivity contribution in [3.63, 3.8) is 0 Å². The average molecular weight is 287 g/mol. The lowest BCUT2D eigenvalue weighted by molar-refractivity contribution is 0.247. The first-order valence-electron chi connectivity index (χ1n) is 6.95. The topological polar surface area (TPSA) is 53.7 Å². The number of aryl methyl sites for hydroxylation is 1. The lowest BCUT2D eigenvalue weighted by atomic mass is 10.2. The average Bonchev–Trinajstić information content (AvgIpc) is 2.51. The molecule has 0 aliphatic rings. The highest BCUT2D eigenvalue weighted by atomic mass is 16.5. The molecule has 0 aromatic heterocycles. The van der Waals surface area contributed by atoms with Gasteiger partial charge in [0, 0.05) is 18.2 Å². The maximum Gasteiger partial charge on any atom is 0.121 e. The number of ether oxygens (including phenoxy) is 3. The van der Waals surface area contributed by atoms with Crippen LogP contribution in [0.1, 0.15) is 12.0 Å². The molecule has 2 N–H and O–H groups in total. The SMILES string of the molecule is COc1ccc(OCCCOc2ccc(C)c(N)c2)cc1. The second-order valence-electron chi connectivity index (χ2n) is 4.74. The highest BCUT2D eigenvalue weighted by molar-refractivity contribution is 5.50. The minimum absolute atomic E-state index is 0.596. The van der Waals surface area contributed by atoms with Gasteiger partial charge in [0.25, 0.3) is 0 Å². The van der Waals surface area contributed by atoms with E-state index in [9.17, 15) is 0 Å². The molecule has 0 fully saturated rings. The molecule has 0 radical (unpaired) electrons. The Labute approximate surface area is 125 Å². The Morgan fingerprint density at radius 1 is 0.857 bits per heavy atom. The zero-order valence-corrected chi connectivity index (χ0v) is 12.5. The van der Waals surface area contributed by atoms with Crippen LogP contribution in [-0.4, -0.2) is 20.3 Å². The quantitative estimate of drug-likeness (QED) is 0.626. The number of nitrogens with two attached hydrogens (primary N) is 1. The van der Waals surface area contributed by atoms with E-state index in [2.05, 4.69) is 0 Å². The summed E-state index contributed by atoms with van der Waals surface area (Å²) in [5.41, 5.74) is 7.65. The van der Waals surface area contributed by atoms with E-state index in [4.69, 9.17) is 19.9 Å². The Bertz CT molecular complexity index is 567. The molecule has 2 aromatic carbocycles. The van der Waals surface area contributed by atoms with Crippen LogP contribution in [0.2, 0.25) is 0 Å². The Hall–Kier alpha value is -2.36. The van der Waals surface area contributed by atoms with E-state index in [0.717, 1.165) is 34.9 Å². The molecular weight excluding hydrogens is 266 g/mol. The van der Waals surface area contributed by atoms with Crippen LogP contribution >= 0.6 is 0 Å². The molecule has 0 amide bonds. The molecule has 2 aromatic rings. The Balaban J connectivity index is 1.68. The molecule has 0 aliphatic heterocycles. The van der Waals surface area contributed by atoms with Crippen molar-refractivity contribution >= 4 is 5.69 Å². The van der Waals surface area contributed by atoms with Crippen molar-refractivity contribution in [2.24, 2.45) is 0 Å². The first-order valence-corrected chi connectivity index (χ1v) is 6.95. The molecule has 0 bridgehead atoms. The Morgan fingerprint density at radius 2 is 1.43 bits per heavy atom. The van der Waals surface area contributed by atoms with Gasteiger partial charge in [0.05, 0.1) is 20.3 Å². The molecule has 0 saturated carbocycles. The van der Waals surface area contributed by atoms with Crippen LogP contribution in [0.25, 0.3) is 0 Å². The molecule has 21 heavy (non-hydrogen) atoms. The minimum atomic E-state index is 0.596. The van der Waals surface area contributed by atoms with E-state index >= 15 is 0 Å². The van der Waals surface area contributed by atoms with Crippen molar-refractivity contribution < 1.29 is 14.2 Å². The Morgan fingerprint density at radius 3 is 2.05 bits per heavy atom. The third-order valence-electron chi connectivity index (χ3n) is 3.14.